The molecule has 0 aromatic rings. The van der Waals surface area contributed by atoms with Gasteiger partial charge in [-0.1, -0.05) is 13.3 Å². The first kappa shape index (κ1) is 14.8. The molecule has 1 rings (SSSR count). The Kier molecular flexibility index (Phi) is 5.91. The van der Waals surface area contributed by atoms with Crippen molar-refractivity contribution in [2.24, 2.45) is 0 Å². The number of amides is 2. The highest BCUT2D eigenvalue weighted by Gasteiger charge is 2.30. The van der Waals surface area contributed by atoms with E-state index in [2.05, 4.69) is 10.6 Å². The van der Waals surface area contributed by atoms with Gasteiger partial charge in [0, 0.05) is 19.2 Å². The van der Waals surface area contributed by atoms with Gasteiger partial charge in [-0.2, -0.15) is 0 Å². The molecule has 3 N–H and O–H groups in total. The van der Waals surface area contributed by atoms with Crippen molar-refractivity contribution in [3.63, 3.8) is 0 Å². The Hall–Kier alpha value is -1.30. The van der Waals surface area contributed by atoms with Crippen LogP contribution in [0.15, 0.2) is 0 Å². The van der Waals surface area contributed by atoms with E-state index < -0.39 is 5.97 Å². The van der Waals surface area contributed by atoms with Gasteiger partial charge in [-0.15, -0.1) is 0 Å². The van der Waals surface area contributed by atoms with E-state index in [1.807, 2.05) is 6.92 Å². The van der Waals surface area contributed by atoms with E-state index in [0.29, 0.717) is 6.42 Å². The number of ether oxygens (including phenoxy) is 1. The molecule has 6 heteroatoms. The molecular formula is C12H22N2O4. The largest absolute Gasteiger partial charge is 0.481 e. The molecule has 18 heavy (non-hydrogen) atoms. The molecule has 6 nitrogen and oxygen atoms in total. The second-order valence-electron chi connectivity index (χ2n) is 4.73. The molecule has 0 saturated heterocycles. The monoisotopic (exact) mass is 258 g/mol. The summed E-state index contributed by atoms with van der Waals surface area (Å²) >= 11 is 0. The van der Waals surface area contributed by atoms with Gasteiger partial charge in [0.25, 0.3) is 0 Å². The van der Waals surface area contributed by atoms with Crippen molar-refractivity contribution in [3.05, 3.63) is 0 Å². The fraction of sp³-hybridized carbons (Fsp3) is 0.833. The summed E-state index contributed by atoms with van der Waals surface area (Å²) in [5.74, 6) is -0.892. The van der Waals surface area contributed by atoms with Gasteiger partial charge in [-0.05, 0) is 19.3 Å². The standard InChI is InChI=1S/C12H22N2O4/c1-3-4-8(7-11(15)16)13-12(17)14-9-5-10(6-9)18-2/h8-10H,3-7H2,1-2H3,(H,15,16)(H2,13,14,17). The summed E-state index contributed by atoms with van der Waals surface area (Å²) < 4.78 is 5.12. The Balaban J connectivity index is 2.26. The molecule has 104 valence electrons. The second-order valence-corrected chi connectivity index (χ2v) is 4.73. The molecule has 1 fully saturated rings. The summed E-state index contributed by atoms with van der Waals surface area (Å²) in [6.45, 7) is 1.96. The predicted octanol–water partition coefficient (Wildman–Crippen LogP) is 1.11. The van der Waals surface area contributed by atoms with Crippen LogP contribution in [0.1, 0.15) is 39.0 Å². The highest BCUT2D eigenvalue weighted by Crippen LogP contribution is 2.22. The van der Waals surface area contributed by atoms with E-state index in [1.165, 1.54) is 0 Å². The number of hydrogen-bond acceptors (Lipinski definition) is 3. The third kappa shape index (κ3) is 4.91. The van der Waals surface area contributed by atoms with E-state index in [-0.39, 0.29) is 30.6 Å². The molecular weight excluding hydrogens is 236 g/mol. The maximum atomic E-state index is 11.7. The number of carboxylic acid groups (broad SMARTS) is 1. The van der Waals surface area contributed by atoms with Crippen LogP contribution in [0.5, 0.6) is 0 Å². The van der Waals surface area contributed by atoms with Gasteiger partial charge in [0.2, 0.25) is 0 Å². The minimum absolute atomic E-state index is 0.0351. The zero-order chi connectivity index (χ0) is 13.5. The van der Waals surface area contributed by atoms with Gasteiger partial charge in [0.05, 0.1) is 12.5 Å². The van der Waals surface area contributed by atoms with Crippen LogP contribution in [0.4, 0.5) is 4.79 Å². The van der Waals surface area contributed by atoms with E-state index in [4.69, 9.17) is 9.84 Å². The molecule has 0 bridgehead atoms. The van der Waals surface area contributed by atoms with Crippen LogP contribution in [0, 0.1) is 0 Å². The molecule has 0 radical (unpaired) electrons. The SMILES string of the molecule is CCCC(CC(=O)O)NC(=O)NC1CC(OC)C1. The molecule has 1 unspecified atom stereocenters. The number of hydrogen-bond donors (Lipinski definition) is 3. The van der Waals surface area contributed by atoms with Gasteiger partial charge >= 0.3 is 12.0 Å². The molecule has 2 amide bonds. The van der Waals surface area contributed by atoms with Crippen molar-refractivity contribution in [2.45, 2.75) is 57.2 Å². The minimum Gasteiger partial charge on any atom is -0.481 e. The number of carbonyl (C=O) groups excluding carboxylic acids is 1. The lowest BCUT2D eigenvalue weighted by atomic mass is 9.89. The summed E-state index contributed by atoms with van der Waals surface area (Å²) in [6, 6.07) is -0.442. The first-order valence-electron chi connectivity index (χ1n) is 6.36. The number of aliphatic carboxylic acids is 1. The molecule has 0 heterocycles. The van der Waals surface area contributed by atoms with Crippen LogP contribution in [-0.4, -0.2) is 42.4 Å². The van der Waals surface area contributed by atoms with Crippen molar-refractivity contribution in [1.29, 1.82) is 0 Å². The van der Waals surface area contributed by atoms with Gasteiger partial charge < -0.3 is 20.5 Å². The van der Waals surface area contributed by atoms with Gasteiger partial charge in [0.15, 0.2) is 0 Å². The summed E-state index contributed by atoms with van der Waals surface area (Å²) in [6.07, 6.45) is 3.36. The van der Waals surface area contributed by atoms with Crippen molar-refractivity contribution in [1.82, 2.24) is 10.6 Å². The lowest BCUT2D eigenvalue weighted by Gasteiger charge is -2.34. The Labute approximate surface area is 107 Å². The molecule has 0 aliphatic heterocycles. The first-order valence-corrected chi connectivity index (χ1v) is 6.36. The number of rotatable bonds is 7. The van der Waals surface area contributed by atoms with E-state index in [0.717, 1.165) is 19.3 Å². The Bertz CT molecular complexity index is 290. The molecule has 0 spiro atoms. The van der Waals surface area contributed by atoms with Crippen LogP contribution in [0.3, 0.4) is 0 Å². The third-order valence-corrected chi connectivity index (χ3v) is 3.16. The fourth-order valence-corrected chi connectivity index (χ4v) is 2.07. The predicted molar refractivity (Wildman–Crippen MR) is 66.4 cm³/mol. The summed E-state index contributed by atoms with van der Waals surface area (Å²) in [5.41, 5.74) is 0. The normalized spacial score (nSPS) is 23.9. The number of nitrogens with one attached hydrogen (secondary N) is 2. The Morgan fingerprint density at radius 3 is 2.61 bits per heavy atom. The number of carboxylic acids is 1. The molecule has 1 aliphatic rings. The van der Waals surface area contributed by atoms with Crippen molar-refractivity contribution >= 4 is 12.0 Å². The van der Waals surface area contributed by atoms with Gasteiger partial charge in [-0.3, -0.25) is 4.79 Å². The fourth-order valence-electron chi connectivity index (χ4n) is 2.07. The maximum absolute atomic E-state index is 11.7. The second kappa shape index (κ2) is 7.20. The Morgan fingerprint density at radius 2 is 2.11 bits per heavy atom. The van der Waals surface area contributed by atoms with Crippen molar-refractivity contribution < 1.29 is 19.4 Å². The van der Waals surface area contributed by atoms with Crippen molar-refractivity contribution in [3.8, 4) is 0 Å². The zero-order valence-corrected chi connectivity index (χ0v) is 10.9. The van der Waals surface area contributed by atoms with E-state index in [9.17, 15) is 9.59 Å². The van der Waals surface area contributed by atoms with Crippen molar-refractivity contribution in [2.75, 3.05) is 7.11 Å². The van der Waals surface area contributed by atoms with Crippen LogP contribution < -0.4 is 10.6 Å². The highest BCUT2D eigenvalue weighted by molar-refractivity contribution is 5.76. The van der Waals surface area contributed by atoms with Crippen LogP contribution >= 0.6 is 0 Å². The number of carbonyl (C=O) groups is 2. The average Bonchev–Trinajstić information content (AvgIpc) is 2.22. The van der Waals surface area contributed by atoms with Crippen LogP contribution in [-0.2, 0) is 9.53 Å². The van der Waals surface area contributed by atoms with Crippen LogP contribution in [0.2, 0.25) is 0 Å². The number of methoxy groups -OCH3 is 1. The van der Waals surface area contributed by atoms with Gasteiger partial charge in [-0.25, -0.2) is 4.79 Å². The summed E-state index contributed by atoms with van der Waals surface area (Å²) in [4.78, 5) is 22.3. The molecule has 0 aromatic heterocycles. The Morgan fingerprint density at radius 1 is 1.44 bits per heavy atom. The van der Waals surface area contributed by atoms with Crippen LogP contribution in [0.25, 0.3) is 0 Å². The quantitative estimate of drug-likeness (QED) is 0.638. The smallest absolute Gasteiger partial charge is 0.315 e. The maximum Gasteiger partial charge on any atom is 0.315 e. The lowest BCUT2D eigenvalue weighted by Crippen LogP contribution is -2.52. The first-order chi connectivity index (χ1) is 8.55. The lowest BCUT2D eigenvalue weighted by molar-refractivity contribution is -0.137. The summed E-state index contributed by atoms with van der Waals surface area (Å²) in [5, 5.41) is 14.3. The third-order valence-electron chi connectivity index (χ3n) is 3.16. The molecule has 0 aromatic carbocycles. The van der Waals surface area contributed by atoms with E-state index >= 15 is 0 Å². The topological polar surface area (TPSA) is 87.7 Å². The zero-order valence-electron chi connectivity index (χ0n) is 10.9. The summed E-state index contributed by atoms with van der Waals surface area (Å²) in [7, 11) is 1.66. The van der Waals surface area contributed by atoms with E-state index in [1.54, 1.807) is 7.11 Å². The number of urea groups is 1. The molecule has 1 aliphatic carbocycles. The average molecular weight is 258 g/mol. The molecule has 1 saturated carbocycles. The highest BCUT2D eigenvalue weighted by atomic mass is 16.5. The van der Waals surface area contributed by atoms with Gasteiger partial charge in [0.1, 0.15) is 0 Å². The minimum atomic E-state index is -0.892. The molecule has 1 atom stereocenters.